The Morgan fingerprint density at radius 1 is 1.11 bits per heavy atom. The lowest BCUT2D eigenvalue weighted by Gasteiger charge is -2.21. The first-order valence-electron chi connectivity index (χ1n) is 9.17. The maximum absolute atomic E-state index is 12.9. The monoisotopic (exact) mass is 369 g/mol. The van der Waals surface area contributed by atoms with E-state index in [9.17, 15) is 14.4 Å². The van der Waals surface area contributed by atoms with Gasteiger partial charge in [-0.2, -0.15) is 0 Å². The van der Waals surface area contributed by atoms with E-state index >= 15 is 0 Å². The first-order chi connectivity index (χ1) is 12.8. The van der Waals surface area contributed by atoms with Crippen molar-refractivity contribution in [3.63, 3.8) is 0 Å². The number of carbonyl (C=O) groups is 3. The van der Waals surface area contributed by atoms with Crippen LogP contribution >= 0.6 is 0 Å². The van der Waals surface area contributed by atoms with Gasteiger partial charge in [0, 0.05) is 37.0 Å². The van der Waals surface area contributed by atoms with Gasteiger partial charge in [-0.1, -0.05) is 25.1 Å². The molecule has 0 spiro atoms. The summed E-state index contributed by atoms with van der Waals surface area (Å²) in [5.41, 5.74) is 3.94. The van der Waals surface area contributed by atoms with E-state index in [1.807, 2.05) is 38.1 Å². The van der Waals surface area contributed by atoms with E-state index in [1.165, 1.54) is 13.8 Å². The van der Waals surface area contributed by atoms with Crippen molar-refractivity contribution in [2.45, 2.75) is 47.6 Å². The van der Waals surface area contributed by atoms with Gasteiger partial charge in [-0.05, 0) is 44.4 Å². The number of amides is 2. The molecule has 0 unspecified atom stereocenters. The second kappa shape index (κ2) is 8.66. The van der Waals surface area contributed by atoms with E-state index in [-0.39, 0.29) is 17.6 Å². The highest BCUT2D eigenvalue weighted by Crippen LogP contribution is 2.23. The highest BCUT2D eigenvalue weighted by molar-refractivity contribution is 6.08. The number of nitrogens with one attached hydrogen (secondary N) is 2. The van der Waals surface area contributed by atoms with Crippen LogP contribution in [0, 0.1) is 6.92 Å². The first-order valence-corrected chi connectivity index (χ1v) is 9.17. The van der Waals surface area contributed by atoms with Crippen molar-refractivity contribution in [1.29, 1.82) is 0 Å². The molecular weight excluding hydrogens is 342 g/mol. The smallest absolute Gasteiger partial charge is 0.272 e. The molecule has 0 saturated carbocycles. The average molecular weight is 369 g/mol. The fourth-order valence-corrected chi connectivity index (χ4v) is 3.32. The van der Waals surface area contributed by atoms with Crippen molar-refractivity contribution >= 4 is 23.3 Å². The molecule has 0 saturated heterocycles. The van der Waals surface area contributed by atoms with Crippen LogP contribution in [0.2, 0.25) is 0 Å². The zero-order valence-corrected chi connectivity index (χ0v) is 16.6. The molecule has 6 heteroatoms. The number of hydrogen-bond donors (Lipinski definition) is 2. The third-order valence-corrected chi connectivity index (χ3v) is 4.68. The summed E-state index contributed by atoms with van der Waals surface area (Å²) in [7, 11) is 0. The average Bonchev–Trinajstić information content (AvgIpc) is 2.97. The Morgan fingerprint density at radius 2 is 1.78 bits per heavy atom. The third-order valence-electron chi connectivity index (χ3n) is 4.68. The van der Waals surface area contributed by atoms with Gasteiger partial charge in [-0.25, -0.2) is 0 Å². The van der Waals surface area contributed by atoms with Crippen molar-refractivity contribution in [2.75, 3.05) is 11.9 Å². The lowest BCUT2D eigenvalue weighted by atomic mass is 10.0. The van der Waals surface area contributed by atoms with Crippen LogP contribution in [0.25, 0.3) is 0 Å². The fraction of sp³-hybridized carbons (Fsp3) is 0.381. The molecule has 6 nitrogen and oxygen atoms in total. The van der Waals surface area contributed by atoms with Gasteiger partial charge < -0.3 is 15.2 Å². The van der Waals surface area contributed by atoms with E-state index in [1.54, 1.807) is 11.8 Å². The Hall–Kier alpha value is -2.89. The zero-order chi connectivity index (χ0) is 20.1. The molecule has 0 radical (unpaired) electrons. The summed E-state index contributed by atoms with van der Waals surface area (Å²) in [6, 6.07) is 7.42. The molecule has 27 heavy (non-hydrogen) atoms. The van der Waals surface area contributed by atoms with E-state index < -0.39 is 0 Å². The molecule has 2 rings (SSSR count). The van der Waals surface area contributed by atoms with E-state index in [4.69, 9.17) is 0 Å². The molecule has 0 aliphatic carbocycles. The number of H-pyrrole nitrogens is 1. The summed E-state index contributed by atoms with van der Waals surface area (Å²) in [4.78, 5) is 41.3. The Labute approximate surface area is 160 Å². The van der Waals surface area contributed by atoms with Crippen LogP contribution in [0.3, 0.4) is 0 Å². The van der Waals surface area contributed by atoms with Crippen LogP contribution in [-0.2, 0) is 17.8 Å². The van der Waals surface area contributed by atoms with Crippen molar-refractivity contribution < 1.29 is 14.4 Å². The van der Waals surface area contributed by atoms with Gasteiger partial charge in [0.15, 0.2) is 5.78 Å². The second-order valence-electron chi connectivity index (χ2n) is 6.53. The summed E-state index contributed by atoms with van der Waals surface area (Å²) in [6.07, 6.45) is 0.581. The highest BCUT2D eigenvalue weighted by Gasteiger charge is 2.22. The number of rotatable bonds is 7. The quantitative estimate of drug-likeness (QED) is 0.730. The Kier molecular flexibility index (Phi) is 6.55. The Balaban J connectivity index is 2.33. The molecule has 0 bridgehead atoms. The van der Waals surface area contributed by atoms with Gasteiger partial charge >= 0.3 is 0 Å². The van der Waals surface area contributed by atoms with E-state index in [0.29, 0.717) is 42.1 Å². The Bertz CT molecular complexity index is 868. The van der Waals surface area contributed by atoms with Crippen LogP contribution in [0.1, 0.15) is 65.4 Å². The van der Waals surface area contributed by atoms with Crippen LogP contribution in [0.15, 0.2) is 24.3 Å². The van der Waals surface area contributed by atoms with Crippen molar-refractivity contribution in [3.8, 4) is 0 Å². The standard InChI is InChI=1S/C21H27N3O3/c1-6-17-19(14(4)25)13(3)22-20(17)21(27)23-18-11-9-8-10-16(18)12-24(7-2)15(5)26/h8-11,22H,6-7,12H2,1-5H3,(H,23,27). The molecule has 0 fully saturated rings. The summed E-state index contributed by atoms with van der Waals surface area (Å²) in [6.45, 7) is 9.69. The number of hydrogen-bond acceptors (Lipinski definition) is 3. The second-order valence-corrected chi connectivity index (χ2v) is 6.53. The molecule has 2 amide bonds. The third kappa shape index (κ3) is 4.45. The number of aromatic amines is 1. The van der Waals surface area contributed by atoms with Crippen LogP contribution in [0.4, 0.5) is 5.69 Å². The number of aryl methyl sites for hydroxylation is 1. The number of anilines is 1. The number of carbonyl (C=O) groups excluding carboxylic acids is 3. The van der Waals surface area contributed by atoms with Crippen molar-refractivity contribution in [3.05, 3.63) is 52.3 Å². The first kappa shape index (κ1) is 20.4. The van der Waals surface area contributed by atoms with Gasteiger partial charge in [0.25, 0.3) is 5.91 Å². The van der Waals surface area contributed by atoms with Crippen molar-refractivity contribution in [2.24, 2.45) is 0 Å². The van der Waals surface area contributed by atoms with Crippen molar-refractivity contribution in [1.82, 2.24) is 9.88 Å². The molecule has 0 aliphatic rings. The minimum atomic E-state index is -0.291. The number of para-hydroxylation sites is 1. The van der Waals surface area contributed by atoms with Gasteiger partial charge in [-0.3, -0.25) is 14.4 Å². The Morgan fingerprint density at radius 3 is 2.33 bits per heavy atom. The molecule has 0 aliphatic heterocycles. The summed E-state index contributed by atoms with van der Waals surface area (Å²) < 4.78 is 0. The fourth-order valence-electron chi connectivity index (χ4n) is 3.32. The van der Waals surface area contributed by atoms with Crippen LogP contribution in [0.5, 0.6) is 0 Å². The number of benzene rings is 1. The molecule has 1 aromatic heterocycles. The maximum atomic E-state index is 12.9. The number of nitrogens with zero attached hydrogens (tertiary/aromatic N) is 1. The maximum Gasteiger partial charge on any atom is 0.272 e. The molecular formula is C21H27N3O3. The zero-order valence-electron chi connectivity index (χ0n) is 16.6. The largest absolute Gasteiger partial charge is 0.354 e. The molecule has 2 N–H and O–H groups in total. The van der Waals surface area contributed by atoms with E-state index in [2.05, 4.69) is 10.3 Å². The molecule has 1 aromatic carbocycles. The predicted octanol–water partition coefficient (Wildman–Crippen LogP) is 3.71. The topological polar surface area (TPSA) is 82.3 Å². The normalized spacial score (nSPS) is 10.6. The lowest BCUT2D eigenvalue weighted by Crippen LogP contribution is -2.28. The van der Waals surface area contributed by atoms with E-state index in [0.717, 1.165) is 11.1 Å². The van der Waals surface area contributed by atoms with Gasteiger partial charge in [0.1, 0.15) is 5.69 Å². The SMILES string of the molecule is CCc1c(C(=O)Nc2ccccc2CN(CC)C(C)=O)[nH]c(C)c1C(C)=O. The van der Waals surface area contributed by atoms with Gasteiger partial charge in [0.05, 0.1) is 0 Å². The minimum absolute atomic E-state index is 0.0157. The summed E-state index contributed by atoms with van der Waals surface area (Å²) in [5, 5.41) is 2.93. The van der Waals surface area contributed by atoms with Gasteiger partial charge in [0.2, 0.25) is 5.91 Å². The molecule has 0 atom stereocenters. The molecule has 144 valence electrons. The summed E-state index contributed by atoms with van der Waals surface area (Å²) in [5.74, 6) is -0.362. The number of aromatic nitrogens is 1. The number of ketones is 1. The van der Waals surface area contributed by atoms with Gasteiger partial charge in [-0.15, -0.1) is 0 Å². The molecule has 1 heterocycles. The lowest BCUT2D eigenvalue weighted by molar-refractivity contribution is -0.129. The highest BCUT2D eigenvalue weighted by atomic mass is 16.2. The molecule has 2 aromatic rings. The number of Topliss-reactive ketones (excluding diaryl/α,β-unsaturated/α-hetero) is 1. The minimum Gasteiger partial charge on any atom is -0.354 e. The van der Waals surface area contributed by atoms with Crippen LogP contribution in [-0.4, -0.2) is 34.0 Å². The van der Waals surface area contributed by atoms with Crippen LogP contribution < -0.4 is 5.32 Å². The predicted molar refractivity (Wildman–Crippen MR) is 106 cm³/mol. The summed E-state index contributed by atoms with van der Waals surface area (Å²) >= 11 is 0.